The van der Waals surface area contributed by atoms with Gasteiger partial charge in [0.25, 0.3) is 0 Å². The molecule has 0 amide bonds. The molecular formula is C45H25F3N4O2. The Kier molecular flexibility index (Phi) is 7.58. The van der Waals surface area contributed by atoms with Gasteiger partial charge in [0.15, 0.2) is 23.0 Å². The number of alkyl halides is 3. The van der Waals surface area contributed by atoms with Crippen molar-refractivity contribution in [1.82, 2.24) is 0 Å². The first-order valence-electron chi connectivity index (χ1n) is 17.0. The van der Waals surface area contributed by atoms with Crippen LogP contribution in [-0.4, -0.2) is 0 Å². The third-order valence-electron chi connectivity index (χ3n) is 9.48. The summed E-state index contributed by atoms with van der Waals surface area (Å²) in [6, 6.07) is 47.1. The van der Waals surface area contributed by atoms with E-state index in [2.05, 4.69) is 12.1 Å². The molecule has 2 aliphatic rings. The van der Waals surface area contributed by atoms with E-state index in [9.17, 15) is 10.5 Å². The molecule has 0 saturated heterocycles. The van der Waals surface area contributed by atoms with E-state index in [4.69, 9.17) is 9.47 Å². The van der Waals surface area contributed by atoms with Crippen molar-refractivity contribution in [1.29, 1.82) is 10.5 Å². The molecule has 0 saturated carbocycles. The second-order valence-electron chi connectivity index (χ2n) is 12.7. The molecular weight excluding hydrogens is 686 g/mol. The molecule has 0 spiro atoms. The van der Waals surface area contributed by atoms with Crippen LogP contribution in [0.3, 0.4) is 0 Å². The van der Waals surface area contributed by atoms with E-state index < -0.39 is 11.7 Å². The average Bonchev–Trinajstić information content (AvgIpc) is 3.21. The number of halogens is 3. The highest BCUT2D eigenvalue weighted by Crippen LogP contribution is 2.60. The van der Waals surface area contributed by atoms with Crippen LogP contribution in [0, 0.1) is 22.7 Å². The Balaban J connectivity index is 1.51. The first-order chi connectivity index (χ1) is 26.3. The summed E-state index contributed by atoms with van der Waals surface area (Å²) in [5, 5.41) is 19.9. The van der Waals surface area contributed by atoms with Crippen LogP contribution in [0.4, 0.5) is 47.3 Å². The fourth-order valence-corrected chi connectivity index (χ4v) is 7.29. The van der Waals surface area contributed by atoms with Crippen LogP contribution in [0.1, 0.15) is 16.7 Å². The smallest absolute Gasteiger partial charge is 0.417 e. The lowest BCUT2D eigenvalue weighted by molar-refractivity contribution is -0.136. The normalized spacial score (nSPS) is 12.5. The van der Waals surface area contributed by atoms with E-state index in [1.54, 1.807) is 125 Å². The molecule has 0 unspecified atom stereocenters. The maximum atomic E-state index is 16.5. The van der Waals surface area contributed by atoms with E-state index in [1.807, 2.05) is 24.3 Å². The predicted molar refractivity (Wildman–Crippen MR) is 201 cm³/mol. The number of benzene rings is 7. The quantitative estimate of drug-likeness (QED) is 0.181. The van der Waals surface area contributed by atoms with Crippen molar-refractivity contribution in [2.75, 3.05) is 9.80 Å². The van der Waals surface area contributed by atoms with Gasteiger partial charge in [-0.15, -0.1) is 0 Å². The van der Waals surface area contributed by atoms with E-state index in [0.717, 1.165) is 0 Å². The van der Waals surface area contributed by atoms with Crippen LogP contribution < -0.4 is 19.3 Å². The zero-order valence-electron chi connectivity index (χ0n) is 28.2. The van der Waals surface area contributed by atoms with Gasteiger partial charge in [-0.05, 0) is 90.0 Å². The molecule has 54 heavy (non-hydrogen) atoms. The van der Waals surface area contributed by atoms with E-state index in [-0.39, 0.29) is 44.8 Å². The highest BCUT2D eigenvalue weighted by Gasteiger charge is 2.43. The fraction of sp³-hybridized carbons (Fsp3) is 0.0222. The second kappa shape index (κ2) is 12.6. The molecule has 2 heterocycles. The van der Waals surface area contributed by atoms with Crippen molar-refractivity contribution in [3.63, 3.8) is 0 Å². The topological polar surface area (TPSA) is 72.5 Å². The van der Waals surface area contributed by atoms with E-state index >= 15 is 13.2 Å². The maximum Gasteiger partial charge on any atom is 0.417 e. The van der Waals surface area contributed by atoms with Gasteiger partial charge in [-0.2, -0.15) is 23.7 Å². The Morgan fingerprint density at radius 1 is 0.426 bits per heavy atom. The minimum Gasteiger partial charge on any atom is -0.453 e. The summed E-state index contributed by atoms with van der Waals surface area (Å²) >= 11 is 0. The fourth-order valence-electron chi connectivity index (χ4n) is 7.29. The van der Waals surface area contributed by atoms with Gasteiger partial charge >= 0.3 is 6.18 Å². The Bertz CT molecular complexity index is 2460. The van der Waals surface area contributed by atoms with Crippen molar-refractivity contribution in [2.24, 2.45) is 0 Å². The molecule has 258 valence electrons. The van der Waals surface area contributed by atoms with Crippen LogP contribution >= 0.6 is 0 Å². The Morgan fingerprint density at radius 2 is 0.778 bits per heavy atom. The third kappa shape index (κ3) is 5.26. The third-order valence-corrected chi connectivity index (χ3v) is 9.48. The van der Waals surface area contributed by atoms with Gasteiger partial charge in [-0.25, -0.2) is 0 Å². The molecule has 7 aromatic rings. The molecule has 0 aromatic heterocycles. The summed E-state index contributed by atoms with van der Waals surface area (Å²) in [4.78, 5) is 3.57. The predicted octanol–water partition coefficient (Wildman–Crippen LogP) is 12.9. The van der Waals surface area contributed by atoms with Gasteiger partial charge in [-0.1, -0.05) is 72.8 Å². The number of hydrogen-bond acceptors (Lipinski definition) is 6. The van der Waals surface area contributed by atoms with Gasteiger partial charge in [0.05, 0.1) is 63.0 Å². The van der Waals surface area contributed by atoms with Gasteiger partial charge in [-0.3, -0.25) is 0 Å². The van der Waals surface area contributed by atoms with Crippen LogP contribution in [0.25, 0.3) is 22.3 Å². The molecule has 0 N–H and O–H groups in total. The van der Waals surface area contributed by atoms with Gasteiger partial charge < -0.3 is 19.3 Å². The summed E-state index contributed by atoms with van der Waals surface area (Å²) in [7, 11) is 0. The standard InChI is InChI=1S/C45H25F3N4O2/c46-45(47,48)44-42(30-13-9-11-28(23-30)26-49)36(51-32-15-1-5-19-38(32)53-39-20-6-2-16-33(39)51)25-37(43(44)31-14-10-12-29(24-31)27-50)52-34-17-3-7-21-40(34)54-41-22-8-4-18-35(41)52/h1-25H. The summed E-state index contributed by atoms with van der Waals surface area (Å²) in [6.45, 7) is 0. The van der Waals surface area contributed by atoms with Crippen molar-refractivity contribution < 1.29 is 22.6 Å². The van der Waals surface area contributed by atoms with Gasteiger partial charge in [0.1, 0.15) is 0 Å². The molecule has 0 bridgehead atoms. The number of rotatable bonds is 4. The molecule has 7 aromatic carbocycles. The monoisotopic (exact) mass is 710 g/mol. The summed E-state index contributed by atoms with van der Waals surface area (Å²) < 4.78 is 62.1. The number of anilines is 6. The molecule has 9 heteroatoms. The molecule has 0 fully saturated rings. The summed E-state index contributed by atoms with van der Waals surface area (Å²) in [5.74, 6) is 1.82. The Hall–Kier alpha value is -7.49. The number of ether oxygens (including phenoxy) is 2. The minimum absolute atomic E-state index is 0.151. The minimum atomic E-state index is -4.96. The van der Waals surface area contributed by atoms with Crippen molar-refractivity contribution in [2.45, 2.75) is 6.18 Å². The first-order valence-corrected chi connectivity index (χ1v) is 17.0. The average molecular weight is 711 g/mol. The van der Waals surface area contributed by atoms with Crippen molar-refractivity contribution in [3.8, 4) is 57.4 Å². The van der Waals surface area contributed by atoms with Crippen LogP contribution in [0.15, 0.2) is 152 Å². The Morgan fingerprint density at radius 3 is 1.11 bits per heavy atom. The number of hydrogen-bond donors (Lipinski definition) is 0. The van der Waals surface area contributed by atoms with Gasteiger partial charge in [0.2, 0.25) is 0 Å². The zero-order valence-corrected chi connectivity index (χ0v) is 28.2. The van der Waals surface area contributed by atoms with Gasteiger partial charge in [0, 0.05) is 11.1 Å². The number of para-hydroxylation sites is 8. The summed E-state index contributed by atoms with van der Waals surface area (Å²) in [5.41, 5.74) is 2.00. The zero-order chi connectivity index (χ0) is 37.0. The lowest BCUT2D eigenvalue weighted by Gasteiger charge is -2.39. The van der Waals surface area contributed by atoms with E-state index in [1.165, 1.54) is 12.1 Å². The first kappa shape index (κ1) is 32.4. The molecule has 9 rings (SSSR count). The second-order valence-corrected chi connectivity index (χ2v) is 12.7. The lowest BCUT2D eigenvalue weighted by atomic mass is 9.86. The number of nitriles is 2. The molecule has 0 atom stereocenters. The molecule has 0 radical (unpaired) electrons. The molecule has 6 nitrogen and oxygen atoms in total. The van der Waals surface area contributed by atoms with E-state index in [0.29, 0.717) is 45.7 Å². The number of nitrogens with zero attached hydrogens (tertiary/aromatic N) is 4. The molecule has 0 aliphatic carbocycles. The number of fused-ring (bicyclic) bond motifs is 4. The lowest BCUT2D eigenvalue weighted by Crippen LogP contribution is -2.22. The highest BCUT2D eigenvalue weighted by molar-refractivity contribution is 6.04. The van der Waals surface area contributed by atoms with Crippen LogP contribution in [0.5, 0.6) is 23.0 Å². The highest BCUT2D eigenvalue weighted by atomic mass is 19.4. The van der Waals surface area contributed by atoms with Crippen LogP contribution in [0.2, 0.25) is 0 Å². The summed E-state index contributed by atoms with van der Waals surface area (Å²) in [6.07, 6.45) is -4.96. The van der Waals surface area contributed by atoms with Crippen molar-refractivity contribution in [3.05, 3.63) is 168 Å². The molecule has 2 aliphatic heterocycles. The Labute approximate surface area is 308 Å². The SMILES string of the molecule is N#Cc1cccc(-c2c(N3c4ccccc4Oc4ccccc43)cc(N3c4ccccc4Oc4ccccc43)c(-c3cccc(C#N)c3)c2C(F)(F)F)c1. The van der Waals surface area contributed by atoms with Crippen molar-refractivity contribution >= 4 is 34.1 Å². The van der Waals surface area contributed by atoms with Crippen LogP contribution in [-0.2, 0) is 6.18 Å². The largest absolute Gasteiger partial charge is 0.453 e. The maximum absolute atomic E-state index is 16.5.